The van der Waals surface area contributed by atoms with E-state index >= 15 is 0 Å². The van der Waals surface area contributed by atoms with Crippen LogP contribution in [0.5, 0.6) is 0 Å². The van der Waals surface area contributed by atoms with Gasteiger partial charge in [-0.05, 0) is 27.7 Å². The molecule has 0 saturated carbocycles. The molecule has 0 aromatic carbocycles. The molecule has 0 amide bonds. The van der Waals surface area contributed by atoms with E-state index in [2.05, 4.69) is 39.8 Å². The maximum atomic E-state index is 5.66. The maximum absolute atomic E-state index is 5.66. The minimum Gasteiger partial charge on any atom is -0.371 e. The summed E-state index contributed by atoms with van der Waals surface area (Å²) in [5.41, 5.74) is 0. The highest BCUT2D eigenvalue weighted by Gasteiger charge is 2.21. The first-order valence-corrected chi connectivity index (χ1v) is 5.07. The van der Waals surface area contributed by atoms with E-state index < -0.39 is 0 Å². The van der Waals surface area contributed by atoms with Gasteiger partial charge >= 0.3 is 0 Å². The fourth-order valence-electron chi connectivity index (χ4n) is 1.53. The molecule has 0 fully saturated rings. The van der Waals surface area contributed by atoms with E-state index in [1.54, 1.807) is 0 Å². The van der Waals surface area contributed by atoms with Gasteiger partial charge in [-0.2, -0.15) is 0 Å². The van der Waals surface area contributed by atoms with Crippen LogP contribution < -0.4 is 0 Å². The van der Waals surface area contributed by atoms with Crippen molar-refractivity contribution < 1.29 is 9.47 Å². The van der Waals surface area contributed by atoms with E-state index in [9.17, 15) is 0 Å². The van der Waals surface area contributed by atoms with Crippen molar-refractivity contribution in [3.05, 3.63) is 12.2 Å². The summed E-state index contributed by atoms with van der Waals surface area (Å²) in [7, 11) is 0. The number of hydrogen-bond acceptors (Lipinski definition) is 2. The van der Waals surface area contributed by atoms with Crippen LogP contribution in [0.2, 0.25) is 0 Å². The predicted octanol–water partition coefficient (Wildman–Crippen LogP) is 2.53. The predicted molar refractivity (Wildman–Crippen MR) is 53.8 cm³/mol. The van der Waals surface area contributed by atoms with Crippen LogP contribution in [0.25, 0.3) is 0 Å². The molecule has 0 radical (unpaired) electrons. The van der Waals surface area contributed by atoms with Crippen LogP contribution in [0, 0.1) is 0 Å². The van der Waals surface area contributed by atoms with Gasteiger partial charge in [0.25, 0.3) is 0 Å². The average molecular weight is 184 g/mol. The van der Waals surface area contributed by atoms with E-state index in [0.717, 1.165) is 6.42 Å². The van der Waals surface area contributed by atoms with Gasteiger partial charge in [0.2, 0.25) is 0 Å². The third-order valence-corrected chi connectivity index (χ3v) is 1.90. The molecule has 0 bridgehead atoms. The molecule has 0 aliphatic heterocycles. The van der Waals surface area contributed by atoms with Gasteiger partial charge in [-0.15, -0.1) is 0 Å². The summed E-state index contributed by atoms with van der Waals surface area (Å²) in [6.07, 6.45) is 6.28. The lowest BCUT2D eigenvalue weighted by molar-refractivity contribution is -0.0111. The molecule has 2 atom stereocenters. The quantitative estimate of drug-likeness (QED) is 0.625. The molecule has 0 heterocycles. The summed E-state index contributed by atoms with van der Waals surface area (Å²) in [6.45, 7) is 8.24. The summed E-state index contributed by atoms with van der Waals surface area (Å²) < 4.78 is 11.3. The zero-order valence-corrected chi connectivity index (χ0v) is 8.99. The first kappa shape index (κ1) is 10.7. The van der Waals surface area contributed by atoms with Crippen molar-refractivity contribution in [3.63, 3.8) is 0 Å². The van der Waals surface area contributed by atoms with E-state index in [4.69, 9.17) is 9.47 Å². The molecule has 76 valence electrons. The molecule has 2 nitrogen and oxygen atoms in total. The van der Waals surface area contributed by atoms with Gasteiger partial charge in [0, 0.05) is 6.42 Å². The first-order chi connectivity index (χ1) is 6.08. The lowest BCUT2D eigenvalue weighted by atomic mass is 10.2. The monoisotopic (exact) mass is 184 g/mol. The summed E-state index contributed by atoms with van der Waals surface area (Å²) >= 11 is 0. The second kappa shape index (κ2) is 4.77. The van der Waals surface area contributed by atoms with Crippen LogP contribution in [0.4, 0.5) is 0 Å². The zero-order chi connectivity index (χ0) is 9.84. The molecule has 0 N–H and O–H groups in total. The van der Waals surface area contributed by atoms with Gasteiger partial charge in [-0.3, -0.25) is 0 Å². The molecular weight excluding hydrogens is 164 g/mol. The Kier molecular flexibility index (Phi) is 3.94. The normalized spacial score (nSPS) is 27.8. The van der Waals surface area contributed by atoms with Gasteiger partial charge in [0.15, 0.2) is 0 Å². The van der Waals surface area contributed by atoms with E-state index in [-0.39, 0.29) is 12.2 Å². The van der Waals surface area contributed by atoms with Crippen LogP contribution in [-0.4, -0.2) is 24.4 Å². The lowest BCUT2D eigenvalue weighted by Crippen LogP contribution is -2.19. The van der Waals surface area contributed by atoms with Crippen LogP contribution >= 0.6 is 0 Å². The second-order valence-corrected chi connectivity index (χ2v) is 4.07. The highest BCUT2D eigenvalue weighted by Crippen LogP contribution is 2.19. The Bertz CT molecular complexity index is 155. The van der Waals surface area contributed by atoms with E-state index in [1.165, 1.54) is 0 Å². The van der Waals surface area contributed by atoms with Crippen molar-refractivity contribution in [1.82, 2.24) is 0 Å². The molecule has 0 aromatic heterocycles. The molecule has 1 aliphatic carbocycles. The van der Waals surface area contributed by atoms with Gasteiger partial charge in [-0.1, -0.05) is 12.2 Å². The number of rotatable bonds is 4. The molecule has 2 heteroatoms. The van der Waals surface area contributed by atoms with Crippen LogP contribution in [0.3, 0.4) is 0 Å². The third-order valence-electron chi connectivity index (χ3n) is 1.90. The highest BCUT2D eigenvalue weighted by atomic mass is 16.5. The Labute approximate surface area is 80.9 Å². The van der Waals surface area contributed by atoms with Crippen LogP contribution in [0.1, 0.15) is 34.1 Å². The first-order valence-electron chi connectivity index (χ1n) is 5.07. The van der Waals surface area contributed by atoms with Crippen molar-refractivity contribution in [2.24, 2.45) is 0 Å². The van der Waals surface area contributed by atoms with Crippen molar-refractivity contribution in [2.75, 3.05) is 0 Å². The topological polar surface area (TPSA) is 18.5 Å². The average Bonchev–Trinajstić information content (AvgIpc) is 2.33. The Morgan fingerprint density at radius 3 is 1.62 bits per heavy atom. The number of ether oxygens (including phenoxy) is 2. The van der Waals surface area contributed by atoms with Gasteiger partial charge in [0.05, 0.1) is 24.4 Å². The summed E-state index contributed by atoms with van der Waals surface area (Å²) in [4.78, 5) is 0. The van der Waals surface area contributed by atoms with Crippen LogP contribution in [-0.2, 0) is 9.47 Å². The maximum Gasteiger partial charge on any atom is 0.0788 e. The van der Waals surface area contributed by atoms with Crippen molar-refractivity contribution >= 4 is 0 Å². The molecule has 0 spiro atoms. The minimum atomic E-state index is 0.253. The van der Waals surface area contributed by atoms with Crippen molar-refractivity contribution in [1.29, 1.82) is 0 Å². The molecule has 0 aromatic rings. The van der Waals surface area contributed by atoms with Gasteiger partial charge in [-0.25, -0.2) is 0 Å². The Balaban J connectivity index is 2.25. The largest absolute Gasteiger partial charge is 0.371 e. The Morgan fingerprint density at radius 1 is 0.923 bits per heavy atom. The van der Waals surface area contributed by atoms with Crippen LogP contribution in [0.15, 0.2) is 12.2 Å². The van der Waals surface area contributed by atoms with Gasteiger partial charge < -0.3 is 9.47 Å². The standard InChI is InChI=1S/C11H20O2/c1-8(2)12-10-5-6-11(7-10)13-9(3)4/h5-6,8-11H,7H2,1-4H3. The minimum absolute atomic E-state index is 0.253. The lowest BCUT2D eigenvalue weighted by Gasteiger charge is -2.17. The third kappa shape index (κ3) is 3.92. The molecule has 1 rings (SSSR count). The molecule has 0 saturated heterocycles. The molecule has 2 unspecified atom stereocenters. The molecule has 1 aliphatic rings. The SMILES string of the molecule is CC(C)OC1C=CC(OC(C)C)C1. The Morgan fingerprint density at radius 2 is 1.31 bits per heavy atom. The second-order valence-electron chi connectivity index (χ2n) is 4.07. The van der Waals surface area contributed by atoms with Gasteiger partial charge in [0.1, 0.15) is 0 Å². The van der Waals surface area contributed by atoms with Crippen molar-refractivity contribution in [3.8, 4) is 0 Å². The van der Waals surface area contributed by atoms with E-state index in [1.807, 2.05) is 0 Å². The fraction of sp³-hybridized carbons (Fsp3) is 0.818. The number of hydrogen-bond donors (Lipinski definition) is 0. The Hall–Kier alpha value is -0.340. The highest BCUT2D eigenvalue weighted by molar-refractivity contribution is 5.04. The van der Waals surface area contributed by atoms with E-state index in [0.29, 0.717) is 12.2 Å². The fourth-order valence-corrected chi connectivity index (χ4v) is 1.53. The zero-order valence-electron chi connectivity index (χ0n) is 8.99. The molecule has 13 heavy (non-hydrogen) atoms. The van der Waals surface area contributed by atoms with Crippen molar-refractivity contribution in [2.45, 2.75) is 58.5 Å². The summed E-state index contributed by atoms with van der Waals surface area (Å²) in [6, 6.07) is 0. The summed E-state index contributed by atoms with van der Waals surface area (Å²) in [5, 5.41) is 0. The molecular formula is C11H20O2. The summed E-state index contributed by atoms with van der Waals surface area (Å²) in [5.74, 6) is 0. The smallest absolute Gasteiger partial charge is 0.0788 e.